The highest BCUT2D eigenvalue weighted by Gasteiger charge is 2.09. The first-order chi connectivity index (χ1) is 8.58. The maximum absolute atomic E-state index is 12.9. The Bertz CT molecular complexity index is 582. The van der Waals surface area contributed by atoms with E-state index in [0.717, 1.165) is 6.07 Å². The molecule has 1 aromatic heterocycles. The fourth-order valence-corrected chi connectivity index (χ4v) is 1.50. The molecule has 0 saturated heterocycles. The predicted molar refractivity (Wildman–Crippen MR) is 65.9 cm³/mol. The van der Waals surface area contributed by atoms with E-state index < -0.39 is 5.82 Å². The average molecular weight is 289 g/mol. The molecule has 8 heteroatoms. The summed E-state index contributed by atoms with van der Waals surface area (Å²) < 4.78 is 18.2. The average Bonchev–Trinajstić information content (AvgIpc) is 2.32. The van der Waals surface area contributed by atoms with Gasteiger partial charge in [0.1, 0.15) is 11.6 Å². The summed E-state index contributed by atoms with van der Waals surface area (Å²) in [6, 6.07) is 3.67. The summed E-state index contributed by atoms with van der Waals surface area (Å²) in [7, 11) is 1.63. The van der Waals surface area contributed by atoms with E-state index in [9.17, 15) is 4.39 Å². The Kier molecular flexibility index (Phi) is 3.78. The van der Waals surface area contributed by atoms with Crippen molar-refractivity contribution in [2.45, 2.75) is 0 Å². The fraction of sp³-hybridized carbons (Fsp3) is 0.100. The minimum Gasteiger partial charge on any atom is -0.423 e. The Balaban J connectivity index is 2.30. The van der Waals surface area contributed by atoms with Crippen molar-refractivity contribution in [1.29, 1.82) is 0 Å². The number of aromatic nitrogens is 3. The first kappa shape index (κ1) is 12.8. The number of hydrogen-bond acceptors (Lipinski definition) is 5. The third-order valence-electron chi connectivity index (χ3n) is 1.91. The van der Waals surface area contributed by atoms with Crippen LogP contribution < -0.4 is 10.1 Å². The van der Waals surface area contributed by atoms with E-state index in [0.29, 0.717) is 0 Å². The lowest BCUT2D eigenvalue weighted by Gasteiger charge is -2.06. The van der Waals surface area contributed by atoms with Crippen molar-refractivity contribution in [2.24, 2.45) is 0 Å². The molecule has 0 saturated carbocycles. The van der Waals surface area contributed by atoms with Crippen molar-refractivity contribution >= 4 is 29.2 Å². The van der Waals surface area contributed by atoms with Gasteiger partial charge in [0.2, 0.25) is 11.2 Å². The van der Waals surface area contributed by atoms with Crippen molar-refractivity contribution in [3.05, 3.63) is 34.3 Å². The summed E-state index contributed by atoms with van der Waals surface area (Å²) in [5, 5.41) is 2.78. The molecule has 0 bridgehead atoms. The van der Waals surface area contributed by atoms with Gasteiger partial charge in [-0.1, -0.05) is 11.6 Å². The fourth-order valence-electron chi connectivity index (χ4n) is 1.15. The zero-order valence-electron chi connectivity index (χ0n) is 9.12. The zero-order chi connectivity index (χ0) is 13.1. The molecule has 94 valence electrons. The molecule has 5 nitrogen and oxygen atoms in total. The summed E-state index contributed by atoms with van der Waals surface area (Å²) in [5.41, 5.74) is 0. The van der Waals surface area contributed by atoms with Crippen LogP contribution in [0.2, 0.25) is 10.3 Å². The van der Waals surface area contributed by atoms with Crippen LogP contribution >= 0.6 is 23.2 Å². The van der Waals surface area contributed by atoms with Crippen LogP contribution in [0.5, 0.6) is 11.8 Å². The van der Waals surface area contributed by atoms with Gasteiger partial charge in [-0.3, -0.25) is 0 Å². The van der Waals surface area contributed by atoms with Gasteiger partial charge < -0.3 is 10.1 Å². The first-order valence-corrected chi connectivity index (χ1v) is 5.56. The van der Waals surface area contributed by atoms with Gasteiger partial charge in [0.05, 0.1) is 5.02 Å². The molecule has 1 aromatic carbocycles. The smallest absolute Gasteiger partial charge is 0.328 e. The van der Waals surface area contributed by atoms with Gasteiger partial charge in [0, 0.05) is 7.05 Å². The molecule has 0 unspecified atom stereocenters. The number of rotatable bonds is 3. The topological polar surface area (TPSA) is 59.9 Å². The molecule has 2 aromatic rings. The van der Waals surface area contributed by atoms with Crippen LogP contribution in [0.3, 0.4) is 0 Å². The lowest BCUT2D eigenvalue weighted by atomic mass is 10.3. The normalized spacial score (nSPS) is 10.2. The summed E-state index contributed by atoms with van der Waals surface area (Å²) >= 11 is 11.5. The summed E-state index contributed by atoms with van der Waals surface area (Å²) in [6.45, 7) is 0. The molecule has 0 spiro atoms. The standard InChI is InChI=1S/C10H7Cl2FN4O/c1-14-9-15-8(12)16-10(17-9)18-7-3-2-5(13)4-6(7)11/h2-4H,1H3,(H,14,15,16,17). The van der Waals surface area contributed by atoms with Crippen molar-refractivity contribution in [3.63, 3.8) is 0 Å². The lowest BCUT2D eigenvalue weighted by molar-refractivity contribution is 0.439. The zero-order valence-corrected chi connectivity index (χ0v) is 10.6. The molecule has 0 aliphatic carbocycles. The highest BCUT2D eigenvalue weighted by Crippen LogP contribution is 2.28. The Labute approximate surface area is 112 Å². The van der Waals surface area contributed by atoms with E-state index in [2.05, 4.69) is 20.3 Å². The summed E-state index contributed by atoms with van der Waals surface area (Å²) in [4.78, 5) is 11.5. The van der Waals surface area contributed by atoms with E-state index in [-0.39, 0.29) is 28.0 Å². The molecule has 0 aliphatic rings. The van der Waals surface area contributed by atoms with Crippen LogP contribution in [-0.2, 0) is 0 Å². The van der Waals surface area contributed by atoms with Crippen molar-refractivity contribution in [3.8, 4) is 11.8 Å². The number of nitrogens with one attached hydrogen (secondary N) is 1. The second-order valence-electron chi connectivity index (χ2n) is 3.14. The second-order valence-corrected chi connectivity index (χ2v) is 3.88. The monoisotopic (exact) mass is 288 g/mol. The number of anilines is 1. The summed E-state index contributed by atoms with van der Waals surface area (Å²) in [5.74, 6) is 0.0163. The second kappa shape index (κ2) is 5.32. The summed E-state index contributed by atoms with van der Waals surface area (Å²) in [6.07, 6.45) is 0. The Morgan fingerprint density at radius 1 is 1.22 bits per heavy atom. The number of nitrogens with zero attached hydrogens (tertiary/aromatic N) is 3. The van der Waals surface area contributed by atoms with Crippen LogP contribution in [0.1, 0.15) is 0 Å². The molecule has 0 radical (unpaired) electrons. The Morgan fingerprint density at radius 3 is 2.67 bits per heavy atom. The van der Waals surface area contributed by atoms with E-state index in [1.54, 1.807) is 7.05 Å². The van der Waals surface area contributed by atoms with Crippen molar-refractivity contribution in [1.82, 2.24) is 15.0 Å². The quantitative estimate of drug-likeness (QED) is 0.940. The van der Waals surface area contributed by atoms with Crippen LogP contribution in [-0.4, -0.2) is 22.0 Å². The van der Waals surface area contributed by atoms with Crippen LogP contribution in [0.4, 0.5) is 10.3 Å². The molecule has 0 fully saturated rings. The molecule has 1 heterocycles. The van der Waals surface area contributed by atoms with Gasteiger partial charge in [-0.15, -0.1) is 0 Å². The van der Waals surface area contributed by atoms with Gasteiger partial charge in [0.25, 0.3) is 0 Å². The maximum Gasteiger partial charge on any atom is 0.328 e. The minimum absolute atomic E-state index is 0.0254. The van der Waals surface area contributed by atoms with Crippen molar-refractivity contribution < 1.29 is 9.13 Å². The third-order valence-corrected chi connectivity index (χ3v) is 2.37. The van der Waals surface area contributed by atoms with E-state index >= 15 is 0 Å². The molecule has 0 atom stereocenters. The Morgan fingerprint density at radius 2 is 2.00 bits per heavy atom. The van der Waals surface area contributed by atoms with Gasteiger partial charge in [-0.2, -0.15) is 15.0 Å². The van der Waals surface area contributed by atoms with Gasteiger partial charge in [-0.05, 0) is 29.8 Å². The Hall–Kier alpha value is -1.66. The first-order valence-electron chi connectivity index (χ1n) is 4.80. The van der Waals surface area contributed by atoms with E-state index in [4.69, 9.17) is 27.9 Å². The van der Waals surface area contributed by atoms with Gasteiger partial charge >= 0.3 is 6.01 Å². The molecule has 0 aliphatic heterocycles. The van der Waals surface area contributed by atoms with Gasteiger partial charge in [-0.25, -0.2) is 4.39 Å². The molecule has 1 N–H and O–H groups in total. The number of benzene rings is 1. The third kappa shape index (κ3) is 2.96. The molecule has 18 heavy (non-hydrogen) atoms. The highest BCUT2D eigenvalue weighted by molar-refractivity contribution is 6.32. The number of ether oxygens (including phenoxy) is 1. The van der Waals surface area contributed by atoms with Crippen LogP contribution in [0.25, 0.3) is 0 Å². The van der Waals surface area contributed by atoms with Crippen LogP contribution in [0.15, 0.2) is 18.2 Å². The molecule has 2 rings (SSSR count). The SMILES string of the molecule is CNc1nc(Cl)nc(Oc2ccc(F)cc2Cl)n1. The van der Waals surface area contributed by atoms with Crippen LogP contribution in [0, 0.1) is 5.82 Å². The number of halogens is 3. The molecule has 0 amide bonds. The molecular weight excluding hydrogens is 282 g/mol. The maximum atomic E-state index is 12.9. The largest absolute Gasteiger partial charge is 0.423 e. The van der Waals surface area contributed by atoms with E-state index in [1.807, 2.05) is 0 Å². The minimum atomic E-state index is -0.461. The molecular formula is C10H7Cl2FN4O. The number of hydrogen-bond donors (Lipinski definition) is 1. The van der Waals surface area contributed by atoms with Crippen molar-refractivity contribution in [2.75, 3.05) is 12.4 Å². The van der Waals surface area contributed by atoms with E-state index in [1.165, 1.54) is 12.1 Å². The van der Waals surface area contributed by atoms with Gasteiger partial charge in [0.15, 0.2) is 0 Å². The lowest BCUT2D eigenvalue weighted by Crippen LogP contribution is -2.01. The predicted octanol–water partition coefficient (Wildman–Crippen LogP) is 3.15. The highest BCUT2D eigenvalue weighted by atomic mass is 35.5.